The van der Waals surface area contributed by atoms with Crippen LogP contribution in [-0.4, -0.2) is 61.9 Å². The van der Waals surface area contributed by atoms with Gasteiger partial charge >= 0.3 is 0 Å². The first-order valence-electron chi connectivity index (χ1n) is 7.49. The molecule has 2 aromatic rings. The van der Waals surface area contributed by atoms with Crippen molar-refractivity contribution >= 4 is 23.4 Å². The molecule has 3 N–H and O–H groups in total. The van der Waals surface area contributed by atoms with Crippen LogP contribution in [0.5, 0.6) is 11.6 Å². The fourth-order valence-electron chi connectivity index (χ4n) is 2.42. The SMILES string of the molecule is COc1ncccc1-c1ccc(O[C@H]2SC[C@@H](O)[C@H](O)[C@H]2O)c(Cl)n1. The molecule has 1 saturated heterocycles. The van der Waals surface area contributed by atoms with Crippen molar-refractivity contribution in [3.05, 3.63) is 35.6 Å². The standard InChI is InChI=1S/C16H17ClN2O5S/c1-23-15-8(3-2-6-18-15)9-4-5-11(14(17)19-9)24-16-13(22)12(21)10(20)7-25-16/h2-6,10,12-13,16,20-22H,7H2,1H3/t10-,12+,13-,16+/m1/s1. The molecule has 0 bridgehead atoms. The molecule has 1 fully saturated rings. The minimum absolute atomic E-state index is 0.108. The number of aliphatic hydroxyl groups is 3. The Morgan fingerprint density at radius 3 is 2.72 bits per heavy atom. The van der Waals surface area contributed by atoms with Gasteiger partial charge in [0.05, 0.1) is 24.5 Å². The highest BCUT2D eigenvalue weighted by molar-refractivity contribution is 7.99. The van der Waals surface area contributed by atoms with Crippen LogP contribution in [-0.2, 0) is 0 Å². The maximum atomic E-state index is 10.0. The molecule has 3 rings (SSSR count). The van der Waals surface area contributed by atoms with Crippen molar-refractivity contribution in [2.24, 2.45) is 0 Å². The Kier molecular flexibility index (Phi) is 5.65. The summed E-state index contributed by atoms with van der Waals surface area (Å²) in [4.78, 5) is 8.41. The summed E-state index contributed by atoms with van der Waals surface area (Å²) >= 11 is 7.40. The molecule has 2 aromatic heterocycles. The van der Waals surface area contributed by atoms with Crippen molar-refractivity contribution in [3.63, 3.8) is 0 Å². The highest BCUT2D eigenvalue weighted by atomic mass is 35.5. The number of pyridine rings is 2. The van der Waals surface area contributed by atoms with Crippen molar-refractivity contribution in [2.45, 2.75) is 23.7 Å². The molecule has 134 valence electrons. The molecule has 0 saturated carbocycles. The topological polar surface area (TPSA) is 105 Å². The van der Waals surface area contributed by atoms with E-state index in [0.29, 0.717) is 17.1 Å². The summed E-state index contributed by atoms with van der Waals surface area (Å²) in [6.45, 7) is 0. The lowest BCUT2D eigenvalue weighted by Gasteiger charge is -2.34. The summed E-state index contributed by atoms with van der Waals surface area (Å²) in [5.41, 5.74) is 0.496. The van der Waals surface area contributed by atoms with E-state index >= 15 is 0 Å². The van der Waals surface area contributed by atoms with E-state index in [9.17, 15) is 15.3 Å². The van der Waals surface area contributed by atoms with Crippen molar-refractivity contribution in [2.75, 3.05) is 12.9 Å². The van der Waals surface area contributed by atoms with Crippen LogP contribution in [0.2, 0.25) is 5.15 Å². The molecule has 25 heavy (non-hydrogen) atoms. The van der Waals surface area contributed by atoms with E-state index in [1.54, 1.807) is 24.4 Å². The Morgan fingerprint density at radius 1 is 1.20 bits per heavy atom. The van der Waals surface area contributed by atoms with Gasteiger partial charge in [-0.25, -0.2) is 9.97 Å². The number of hydrogen-bond acceptors (Lipinski definition) is 8. The minimum atomic E-state index is -1.27. The minimum Gasteiger partial charge on any atom is -0.481 e. The molecule has 0 aromatic carbocycles. The van der Waals surface area contributed by atoms with Gasteiger partial charge in [-0.1, -0.05) is 11.6 Å². The lowest BCUT2D eigenvalue weighted by Crippen LogP contribution is -2.50. The molecule has 0 radical (unpaired) electrons. The van der Waals surface area contributed by atoms with Gasteiger partial charge in [0.2, 0.25) is 5.88 Å². The summed E-state index contributed by atoms with van der Waals surface area (Å²) in [6.07, 6.45) is -1.88. The lowest BCUT2D eigenvalue weighted by molar-refractivity contribution is -0.0786. The van der Waals surface area contributed by atoms with Crippen molar-refractivity contribution in [1.29, 1.82) is 0 Å². The molecule has 0 aliphatic carbocycles. The predicted molar refractivity (Wildman–Crippen MR) is 93.9 cm³/mol. The van der Waals surface area contributed by atoms with Gasteiger partial charge in [-0.15, -0.1) is 11.8 Å². The van der Waals surface area contributed by atoms with Crippen LogP contribution in [0.25, 0.3) is 11.3 Å². The summed E-state index contributed by atoms with van der Waals surface area (Å²) in [7, 11) is 1.52. The Bertz CT molecular complexity index is 750. The first-order chi connectivity index (χ1) is 12.0. The number of methoxy groups -OCH3 is 1. The average Bonchev–Trinajstić information content (AvgIpc) is 2.63. The van der Waals surface area contributed by atoms with Gasteiger partial charge in [0.15, 0.2) is 16.3 Å². The van der Waals surface area contributed by atoms with Crippen molar-refractivity contribution in [1.82, 2.24) is 9.97 Å². The molecule has 7 nitrogen and oxygen atoms in total. The maximum Gasteiger partial charge on any atom is 0.222 e. The van der Waals surface area contributed by atoms with Gasteiger partial charge in [0, 0.05) is 11.9 Å². The molecule has 1 aliphatic heterocycles. The van der Waals surface area contributed by atoms with E-state index in [1.807, 2.05) is 6.07 Å². The highest BCUT2D eigenvalue weighted by Gasteiger charge is 2.38. The number of aliphatic hydroxyl groups excluding tert-OH is 3. The third-order valence-electron chi connectivity index (χ3n) is 3.75. The predicted octanol–water partition coefficient (Wildman–Crippen LogP) is 1.34. The van der Waals surface area contributed by atoms with Crippen LogP contribution in [0.15, 0.2) is 30.5 Å². The van der Waals surface area contributed by atoms with Gasteiger partial charge < -0.3 is 24.8 Å². The quantitative estimate of drug-likeness (QED) is 0.678. The number of ether oxygens (including phenoxy) is 2. The van der Waals surface area contributed by atoms with E-state index in [1.165, 1.54) is 18.9 Å². The number of thioether (sulfide) groups is 1. The zero-order chi connectivity index (χ0) is 18.0. The van der Waals surface area contributed by atoms with Gasteiger partial charge in [0.1, 0.15) is 12.2 Å². The number of halogens is 1. The maximum absolute atomic E-state index is 10.0. The summed E-state index contributed by atoms with van der Waals surface area (Å²) in [5.74, 6) is 0.947. The second kappa shape index (κ2) is 7.76. The fraction of sp³-hybridized carbons (Fsp3) is 0.375. The zero-order valence-corrected chi connectivity index (χ0v) is 14.8. The van der Waals surface area contributed by atoms with Gasteiger partial charge in [-0.05, 0) is 24.3 Å². The van der Waals surface area contributed by atoms with Crippen molar-refractivity contribution < 1.29 is 24.8 Å². The molecule has 9 heteroatoms. The summed E-state index contributed by atoms with van der Waals surface area (Å²) in [6, 6.07) is 6.90. The first kappa shape index (κ1) is 18.2. The largest absolute Gasteiger partial charge is 0.481 e. The Balaban J connectivity index is 1.81. The molecular weight excluding hydrogens is 368 g/mol. The molecule has 0 spiro atoms. The van der Waals surface area contributed by atoms with E-state index in [0.717, 1.165) is 0 Å². The fourth-order valence-corrected chi connectivity index (χ4v) is 3.73. The molecule has 4 atom stereocenters. The second-order valence-electron chi connectivity index (χ2n) is 5.41. The van der Waals surface area contributed by atoms with Crippen LogP contribution in [0, 0.1) is 0 Å². The second-order valence-corrected chi connectivity index (χ2v) is 6.90. The van der Waals surface area contributed by atoms with E-state index < -0.39 is 23.7 Å². The van der Waals surface area contributed by atoms with E-state index in [2.05, 4.69) is 9.97 Å². The Morgan fingerprint density at radius 2 is 2.00 bits per heavy atom. The number of aromatic nitrogens is 2. The van der Waals surface area contributed by atoms with Crippen LogP contribution < -0.4 is 9.47 Å². The van der Waals surface area contributed by atoms with Crippen LogP contribution in [0.4, 0.5) is 0 Å². The smallest absolute Gasteiger partial charge is 0.222 e. The van der Waals surface area contributed by atoms with E-state index in [4.69, 9.17) is 21.1 Å². The number of nitrogens with zero attached hydrogens (tertiary/aromatic N) is 2. The normalized spacial score (nSPS) is 26.3. The Hall–Kier alpha value is -1.58. The van der Waals surface area contributed by atoms with Crippen LogP contribution >= 0.6 is 23.4 Å². The van der Waals surface area contributed by atoms with Gasteiger partial charge in [-0.2, -0.15) is 0 Å². The molecule has 0 unspecified atom stereocenters. The summed E-state index contributed by atoms with van der Waals surface area (Å²) < 4.78 is 10.9. The van der Waals surface area contributed by atoms with Gasteiger partial charge in [-0.3, -0.25) is 0 Å². The number of hydrogen-bond donors (Lipinski definition) is 3. The monoisotopic (exact) mass is 384 g/mol. The first-order valence-corrected chi connectivity index (χ1v) is 8.92. The third-order valence-corrected chi connectivity index (χ3v) is 5.26. The van der Waals surface area contributed by atoms with Crippen molar-refractivity contribution in [3.8, 4) is 22.9 Å². The molecular formula is C16H17ClN2O5S. The van der Waals surface area contributed by atoms with Gasteiger partial charge in [0.25, 0.3) is 0 Å². The zero-order valence-electron chi connectivity index (χ0n) is 13.2. The molecule has 1 aliphatic rings. The van der Waals surface area contributed by atoms with Crippen LogP contribution in [0.1, 0.15) is 0 Å². The third kappa shape index (κ3) is 3.83. The Labute approximate surface area is 153 Å². The lowest BCUT2D eigenvalue weighted by atomic mass is 10.1. The number of rotatable bonds is 4. The van der Waals surface area contributed by atoms with E-state index in [-0.39, 0.29) is 16.7 Å². The summed E-state index contributed by atoms with van der Waals surface area (Å²) in [5, 5.41) is 29.4. The highest BCUT2D eigenvalue weighted by Crippen LogP contribution is 2.34. The average molecular weight is 385 g/mol. The van der Waals surface area contributed by atoms with Crippen LogP contribution in [0.3, 0.4) is 0 Å². The molecule has 0 amide bonds. The molecule has 3 heterocycles.